The van der Waals surface area contributed by atoms with Gasteiger partial charge in [0.05, 0.1) is 0 Å². The summed E-state index contributed by atoms with van der Waals surface area (Å²) in [5.74, 6) is 1.62. The number of aromatic nitrogens is 3. The maximum Gasteiger partial charge on any atom is 0.226 e. The van der Waals surface area contributed by atoms with Crippen LogP contribution in [-0.2, 0) is 10.5 Å². The topological polar surface area (TPSA) is 71.8 Å². The molecule has 0 saturated carbocycles. The maximum absolute atomic E-state index is 11.8. The third-order valence-corrected chi connectivity index (χ3v) is 4.26. The number of thiocarbonyl (C=S) groups is 1. The number of benzene rings is 1. The number of hydrogen-bond donors (Lipinski definition) is 2. The van der Waals surface area contributed by atoms with Gasteiger partial charge in [-0.1, -0.05) is 55.9 Å². The fraction of sp³-hybridized carbons (Fsp3) is 0.375. The van der Waals surface area contributed by atoms with Gasteiger partial charge in [0.2, 0.25) is 11.1 Å². The average molecular weight is 364 g/mol. The second-order valence-corrected chi connectivity index (χ2v) is 7.08. The van der Waals surface area contributed by atoms with Gasteiger partial charge in [-0.15, -0.1) is 10.2 Å². The van der Waals surface area contributed by atoms with Crippen LogP contribution < -0.4 is 10.7 Å². The van der Waals surface area contributed by atoms with E-state index in [0.717, 1.165) is 5.75 Å². The Morgan fingerprint density at radius 2 is 2.00 bits per heavy atom. The minimum Gasteiger partial charge on any atom is -0.302 e. The summed E-state index contributed by atoms with van der Waals surface area (Å²) >= 11 is 6.75. The van der Waals surface area contributed by atoms with Crippen molar-refractivity contribution < 1.29 is 4.79 Å². The number of carbonyl (C=O) groups excluding carboxylic acids is 1. The van der Waals surface area contributed by atoms with Crippen LogP contribution in [0.25, 0.3) is 0 Å². The van der Waals surface area contributed by atoms with Crippen molar-refractivity contribution in [1.82, 2.24) is 20.2 Å². The van der Waals surface area contributed by atoms with Crippen LogP contribution in [0.2, 0.25) is 0 Å². The third-order valence-electron chi connectivity index (χ3n) is 3.07. The zero-order chi connectivity index (χ0) is 17.5. The highest BCUT2D eigenvalue weighted by molar-refractivity contribution is 7.98. The number of carbonyl (C=O) groups is 1. The van der Waals surface area contributed by atoms with E-state index in [4.69, 9.17) is 12.2 Å². The Balaban J connectivity index is 1.96. The van der Waals surface area contributed by atoms with Crippen molar-refractivity contribution in [2.45, 2.75) is 38.1 Å². The van der Waals surface area contributed by atoms with Gasteiger partial charge in [-0.3, -0.25) is 10.2 Å². The summed E-state index contributed by atoms with van der Waals surface area (Å²) in [6.45, 7) is 5.79. The normalized spacial score (nSPS) is 10.7. The van der Waals surface area contributed by atoms with Crippen molar-refractivity contribution in [2.24, 2.45) is 5.92 Å². The van der Waals surface area contributed by atoms with E-state index in [9.17, 15) is 4.79 Å². The molecule has 0 aliphatic heterocycles. The monoisotopic (exact) mass is 363 g/mol. The largest absolute Gasteiger partial charge is 0.302 e. The summed E-state index contributed by atoms with van der Waals surface area (Å²) in [6, 6.07) is 10.1. The van der Waals surface area contributed by atoms with Crippen molar-refractivity contribution in [3.8, 4) is 0 Å². The summed E-state index contributed by atoms with van der Waals surface area (Å²) in [4.78, 5) is 11.8. The Morgan fingerprint density at radius 1 is 1.29 bits per heavy atom. The van der Waals surface area contributed by atoms with Crippen molar-refractivity contribution in [1.29, 1.82) is 0 Å². The van der Waals surface area contributed by atoms with Gasteiger partial charge in [0.1, 0.15) is 5.82 Å². The Morgan fingerprint density at radius 3 is 2.67 bits per heavy atom. The molecule has 0 bridgehead atoms. The first-order chi connectivity index (χ1) is 11.5. The summed E-state index contributed by atoms with van der Waals surface area (Å²) in [7, 11) is 0. The molecule has 1 heterocycles. The van der Waals surface area contributed by atoms with Crippen LogP contribution in [0.3, 0.4) is 0 Å². The minimum absolute atomic E-state index is 0.105. The highest BCUT2D eigenvalue weighted by Crippen LogP contribution is 2.20. The maximum atomic E-state index is 11.8. The van der Waals surface area contributed by atoms with Gasteiger partial charge < -0.3 is 5.32 Å². The van der Waals surface area contributed by atoms with Gasteiger partial charge in [-0.2, -0.15) is 0 Å². The van der Waals surface area contributed by atoms with E-state index in [1.54, 1.807) is 16.4 Å². The molecule has 0 radical (unpaired) electrons. The van der Waals surface area contributed by atoms with E-state index in [2.05, 4.69) is 33.1 Å². The van der Waals surface area contributed by atoms with Crippen LogP contribution >= 0.6 is 24.0 Å². The fourth-order valence-electron chi connectivity index (χ4n) is 1.97. The molecule has 0 saturated heterocycles. The smallest absolute Gasteiger partial charge is 0.226 e. The molecule has 128 valence electrons. The zero-order valence-electron chi connectivity index (χ0n) is 13.9. The van der Waals surface area contributed by atoms with E-state index in [-0.39, 0.29) is 16.9 Å². The molecular formula is C16H21N5OS2. The molecule has 1 aromatic heterocycles. The van der Waals surface area contributed by atoms with Crippen molar-refractivity contribution in [2.75, 3.05) is 5.43 Å². The van der Waals surface area contributed by atoms with Gasteiger partial charge in [-0.25, -0.2) is 4.68 Å². The van der Waals surface area contributed by atoms with E-state index in [0.29, 0.717) is 17.4 Å². The number of thioether (sulfide) groups is 1. The number of hydrogen-bond acceptors (Lipinski definition) is 5. The lowest BCUT2D eigenvalue weighted by atomic mass is 10.1. The first-order valence-electron chi connectivity index (χ1n) is 7.65. The van der Waals surface area contributed by atoms with Crippen LogP contribution in [0.1, 0.15) is 31.7 Å². The molecule has 24 heavy (non-hydrogen) atoms. The van der Waals surface area contributed by atoms with Crippen molar-refractivity contribution >= 4 is 35.0 Å². The molecule has 2 aromatic rings. The van der Waals surface area contributed by atoms with Gasteiger partial charge >= 0.3 is 0 Å². The van der Waals surface area contributed by atoms with Crippen molar-refractivity contribution in [3.63, 3.8) is 0 Å². The molecule has 2 N–H and O–H groups in total. The quantitative estimate of drug-likeness (QED) is 0.607. The number of amides is 1. The molecule has 1 amide bonds. The molecule has 8 heteroatoms. The van der Waals surface area contributed by atoms with E-state index < -0.39 is 0 Å². The minimum atomic E-state index is -0.105. The lowest BCUT2D eigenvalue weighted by Crippen LogP contribution is -2.39. The Hall–Kier alpha value is -1.93. The Labute approximate surface area is 151 Å². The number of aryl methyl sites for hydroxylation is 1. The summed E-state index contributed by atoms with van der Waals surface area (Å²) in [5, 5.41) is 11.8. The van der Waals surface area contributed by atoms with E-state index >= 15 is 0 Å². The van der Waals surface area contributed by atoms with Crippen molar-refractivity contribution in [3.05, 3.63) is 41.7 Å². The van der Waals surface area contributed by atoms with Crippen LogP contribution in [0.5, 0.6) is 0 Å². The summed E-state index contributed by atoms with van der Waals surface area (Å²) < 4.78 is 1.69. The van der Waals surface area contributed by atoms with Gasteiger partial charge in [0.25, 0.3) is 0 Å². The SMILES string of the molecule is Cc1nnc(SCc2ccccc2)n1NC(=S)NC(=O)CC(C)C. The molecule has 1 aromatic carbocycles. The summed E-state index contributed by atoms with van der Waals surface area (Å²) in [5.41, 5.74) is 4.17. The molecule has 0 spiro atoms. The molecule has 2 rings (SSSR count). The number of rotatable bonds is 6. The average Bonchev–Trinajstić information content (AvgIpc) is 2.86. The Kier molecular flexibility index (Phi) is 6.74. The van der Waals surface area contributed by atoms with E-state index in [1.807, 2.05) is 39.0 Å². The summed E-state index contributed by atoms with van der Waals surface area (Å²) in [6.07, 6.45) is 0.429. The third kappa shape index (κ3) is 5.61. The lowest BCUT2D eigenvalue weighted by Gasteiger charge is -2.13. The predicted octanol–water partition coefficient (Wildman–Crippen LogP) is 2.87. The molecule has 0 aliphatic carbocycles. The first-order valence-corrected chi connectivity index (χ1v) is 9.04. The highest BCUT2D eigenvalue weighted by Gasteiger charge is 2.13. The predicted molar refractivity (Wildman–Crippen MR) is 100 cm³/mol. The molecule has 0 unspecified atom stereocenters. The van der Waals surface area contributed by atoms with Crippen LogP contribution in [0.15, 0.2) is 35.5 Å². The molecule has 6 nitrogen and oxygen atoms in total. The highest BCUT2D eigenvalue weighted by atomic mass is 32.2. The number of nitrogens with zero attached hydrogens (tertiary/aromatic N) is 3. The molecule has 0 aliphatic rings. The van der Waals surface area contributed by atoms with Crippen LogP contribution in [0, 0.1) is 12.8 Å². The van der Waals surface area contributed by atoms with E-state index in [1.165, 1.54) is 5.56 Å². The zero-order valence-corrected chi connectivity index (χ0v) is 15.6. The van der Waals surface area contributed by atoms with Gasteiger partial charge in [-0.05, 0) is 30.6 Å². The molecule has 0 fully saturated rings. The van der Waals surface area contributed by atoms with Crippen LogP contribution in [-0.4, -0.2) is 25.9 Å². The van der Waals surface area contributed by atoms with Gasteiger partial charge in [0, 0.05) is 12.2 Å². The molecular weight excluding hydrogens is 342 g/mol. The number of nitrogens with one attached hydrogen (secondary N) is 2. The standard InChI is InChI=1S/C16H21N5OS2/c1-11(2)9-14(22)17-15(23)20-21-12(3)18-19-16(21)24-10-13-7-5-4-6-8-13/h4-8,11H,9-10H2,1-3H3,(H2,17,20,22,23). The van der Waals surface area contributed by atoms with Gasteiger partial charge in [0.15, 0.2) is 5.11 Å². The second kappa shape index (κ2) is 8.79. The van der Waals surface area contributed by atoms with Crippen LogP contribution in [0.4, 0.5) is 0 Å². The fourth-order valence-corrected chi connectivity index (χ4v) is 3.06. The second-order valence-electron chi connectivity index (χ2n) is 5.73. The Bertz CT molecular complexity index is 700. The molecule has 0 atom stereocenters. The first kappa shape index (κ1) is 18.4. The lowest BCUT2D eigenvalue weighted by molar-refractivity contribution is -0.120.